The molecule has 0 spiro atoms. The number of nitriles is 1. The third-order valence-electron chi connectivity index (χ3n) is 2.51. The molecule has 2 heteroatoms. The van der Waals surface area contributed by atoms with Crippen molar-refractivity contribution in [1.82, 2.24) is 0 Å². The van der Waals surface area contributed by atoms with Gasteiger partial charge in [0.05, 0.1) is 18.0 Å². The lowest BCUT2D eigenvalue weighted by Crippen LogP contribution is -1.79. The fraction of sp³-hybridized carbons (Fsp3) is 0. The summed E-state index contributed by atoms with van der Waals surface area (Å²) in [6.07, 6.45) is 1.93. The molecule has 0 N–H and O–H groups in total. The van der Waals surface area contributed by atoms with Crippen LogP contribution in [0.2, 0.25) is 0 Å². The maximum absolute atomic E-state index is 12.0. The monoisotopic (exact) mass is 223 g/mol. The molecule has 0 heterocycles. The van der Waals surface area contributed by atoms with Crippen LogP contribution in [0.5, 0.6) is 0 Å². The van der Waals surface area contributed by atoms with Crippen molar-refractivity contribution >= 4 is 6.08 Å². The Morgan fingerprint density at radius 2 is 1.41 bits per heavy atom. The van der Waals surface area contributed by atoms with Crippen molar-refractivity contribution < 1.29 is 4.39 Å². The van der Waals surface area contributed by atoms with E-state index >= 15 is 0 Å². The zero-order valence-electron chi connectivity index (χ0n) is 9.10. The molecule has 0 aromatic heterocycles. The fourth-order valence-corrected chi connectivity index (χ4v) is 1.60. The highest BCUT2D eigenvalue weighted by molar-refractivity contribution is 5.66. The number of rotatable bonds is 2. The van der Waals surface area contributed by atoms with E-state index in [0.29, 0.717) is 11.9 Å². The van der Waals surface area contributed by atoms with Crippen molar-refractivity contribution in [2.45, 2.75) is 0 Å². The average molecular weight is 223 g/mol. The zero-order valence-corrected chi connectivity index (χ0v) is 9.10. The lowest BCUT2D eigenvalue weighted by molar-refractivity contribution is 0.727. The molecule has 0 bridgehead atoms. The molecule has 0 aliphatic rings. The van der Waals surface area contributed by atoms with E-state index in [1.165, 1.54) is 6.08 Å². The van der Waals surface area contributed by atoms with E-state index in [0.717, 1.165) is 16.7 Å². The molecule has 0 amide bonds. The molecule has 0 saturated heterocycles. The first-order valence-electron chi connectivity index (χ1n) is 5.21. The van der Waals surface area contributed by atoms with E-state index in [-0.39, 0.29) is 0 Å². The Morgan fingerprint density at radius 3 is 1.88 bits per heavy atom. The molecular formula is C15H10FN. The molecule has 0 unspecified atom stereocenters. The van der Waals surface area contributed by atoms with Crippen molar-refractivity contribution in [2.75, 3.05) is 0 Å². The highest BCUT2D eigenvalue weighted by atomic mass is 19.1. The summed E-state index contributed by atoms with van der Waals surface area (Å²) in [5.41, 5.74) is 3.56. The molecule has 0 aliphatic carbocycles. The van der Waals surface area contributed by atoms with E-state index in [9.17, 15) is 4.39 Å². The molecule has 0 fully saturated rings. The van der Waals surface area contributed by atoms with Gasteiger partial charge >= 0.3 is 0 Å². The van der Waals surface area contributed by atoms with Gasteiger partial charge in [0, 0.05) is 0 Å². The Kier molecular flexibility index (Phi) is 3.32. The molecule has 1 nitrogen and oxygen atoms in total. The third kappa shape index (κ3) is 2.59. The largest absolute Gasteiger partial charge is 0.216 e. The van der Waals surface area contributed by atoms with Gasteiger partial charge < -0.3 is 0 Å². The van der Waals surface area contributed by atoms with Crippen LogP contribution < -0.4 is 0 Å². The summed E-state index contributed by atoms with van der Waals surface area (Å²) in [7, 11) is 0. The van der Waals surface area contributed by atoms with Gasteiger partial charge in [-0.1, -0.05) is 36.4 Å². The van der Waals surface area contributed by atoms with Gasteiger partial charge in [-0.25, -0.2) is 4.39 Å². The van der Waals surface area contributed by atoms with E-state index in [4.69, 9.17) is 5.26 Å². The summed E-state index contributed by atoms with van der Waals surface area (Å²) >= 11 is 0. The van der Waals surface area contributed by atoms with Crippen LogP contribution in [-0.2, 0) is 0 Å². The normalized spacial score (nSPS) is 10.4. The van der Waals surface area contributed by atoms with Crippen LogP contribution in [-0.4, -0.2) is 0 Å². The number of nitrogens with zero attached hydrogens (tertiary/aromatic N) is 1. The smallest absolute Gasteiger partial charge is 0.0991 e. The molecule has 82 valence electrons. The maximum Gasteiger partial charge on any atom is 0.0991 e. The summed E-state index contributed by atoms with van der Waals surface area (Å²) in [6, 6.07) is 17.0. The van der Waals surface area contributed by atoms with Gasteiger partial charge in [-0.15, -0.1) is 0 Å². The van der Waals surface area contributed by atoms with Gasteiger partial charge in [0.25, 0.3) is 0 Å². The predicted molar refractivity (Wildman–Crippen MR) is 66.7 cm³/mol. The van der Waals surface area contributed by atoms with E-state index in [1.807, 2.05) is 36.4 Å². The highest BCUT2D eigenvalue weighted by Crippen LogP contribution is 2.20. The highest BCUT2D eigenvalue weighted by Gasteiger charge is 1.97. The Labute approximate surface area is 99.5 Å². The molecular weight excluding hydrogens is 213 g/mol. The minimum absolute atomic E-state index is 0.525. The number of halogens is 1. The predicted octanol–water partition coefficient (Wildman–Crippen LogP) is 4.17. The van der Waals surface area contributed by atoms with Crippen LogP contribution in [0.3, 0.4) is 0 Å². The summed E-state index contributed by atoms with van der Waals surface area (Å²) in [4.78, 5) is 0. The lowest BCUT2D eigenvalue weighted by atomic mass is 10.0. The number of benzene rings is 2. The van der Waals surface area contributed by atoms with Crippen LogP contribution in [0.25, 0.3) is 17.2 Å². The Bertz CT molecular complexity index is 559. The average Bonchev–Trinajstić information content (AvgIpc) is 2.40. The second-order valence-electron chi connectivity index (χ2n) is 3.60. The molecule has 0 aliphatic heterocycles. The molecule has 2 aromatic carbocycles. The number of hydrogen-bond donors (Lipinski definition) is 0. The van der Waals surface area contributed by atoms with E-state index < -0.39 is 0 Å². The lowest BCUT2D eigenvalue weighted by Gasteiger charge is -2.02. The Balaban J connectivity index is 2.30. The summed E-state index contributed by atoms with van der Waals surface area (Å²) in [5, 5.41) is 8.70. The number of hydrogen-bond acceptors (Lipinski definition) is 1. The maximum atomic E-state index is 12.0. The quantitative estimate of drug-likeness (QED) is 0.749. The van der Waals surface area contributed by atoms with Gasteiger partial charge in [0.2, 0.25) is 0 Å². The van der Waals surface area contributed by atoms with Gasteiger partial charge in [0.15, 0.2) is 0 Å². The molecule has 0 atom stereocenters. The van der Waals surface area contributed by atoms with Gasteiger partial charge in [-0.2, -0.15) is 5.26 Å². The Hall–Kier alpha value is -2.40. The van der Waals surface area contributed by atoms with Crippen molar-refractivity contribution in [3.63, 3.8) is 0 Å². The van der Waals surface area contributed by atoms with Crippen LogP contribution in [0.15, 0.2) is 54.9 Å². The summed E-state index contributed by atoms with van der Waals surface area (Å²) < 4.78 is 12.0. The van der Waals surface area contributed by atoms with Crippen LogP contribution >= 0.6 is 0 Å². The third-order valence-corrected chi connectivity index (χ3v) is 2.51. The first kappa shape index (κ1) is 11.1. The van der Waals surface area contributed by atoms with Gasteiger partial charge in [-0.05, 0) is 34.9 Å². The Morgan fingerprint density at radius 1 is 0.882 bits per heavy atom. The minimum atomic E-state index is 0.525. The SMILES string of the molecule is N#Cc1ccc(-c2ccc(C=CF)cc2)cc1. The van der Waals surface area contributed by atoms with E-state index in [2.05, 4.69) is 6.07 Å². The minimum Gasteiger partial charge on any atom is -0.216 e. The standard InChI is InChI=1S/C15H10FN/c16-10-9-12-1-5-14(6-2-12)15-7-3-13(11-17)4-8-15/h1-10H. The summed E-state index contributed by atoms with van der Waals surface area (Å²) in [5.74, 6) is 0. The fourth-order valence-electron chi connectivity index (χ4n) is 1.60. The summed E-state index contributed by atoms with van der Waals surface area (Å²) in [6.45, 7) is 0. The van der Waals surface area contributed by atoms with Crippen LogP contribution in [0, 0.1) is 11.3 Å². The van der Waals surface area contributed by atoms with Crippen molar-refractivity contribution in [2.24, 2.45) is 0 Å². The van der Waals surface area contributed by atoms with Crippen LogP contribution in [0.1, 0.15) is 11.1 Å². The van der Waals surface area contributed by atoms with Gasteiger partial charge in [0.1, 0.15) is 0 Å². The molecule has 0 radical (unpaired) electrons. The first-order valence-corrected chi connectivity index (χ1v) is 5.21. The first-order chi connectivity index (χ1) is 8.33. The second-order valence-corrected chi connectivity index (χ2v) is 3.60. The topological polar surface area (TPSA) is 23.8 Å². The van der Waals surface area contributed by atoms with Crippen molar-refractivity contribution in [3.05, 3.63) is 66.0 Å². The molecule has 2 aromatic rings. The van der Waals surface area contributed by atoms with Crippen molar-refractivity contribution in [3.8, 4) is 17.2 Å². The van der Waals surface area contributed by atoms with Crippen molar-refractivity contribution in [1.29, 1.82) is 5.26 Å². The molecule has 2 rings (SSSR count). The molecule has 0 saturated carbocycles. The second kappa shape index (κ2) is 5.09. The van der Waals surface area contributed by atoms with Crippen LogP contribution in [0.4, 0.5) is 4.39 Å². The molecule has 17 heavy (non-hydrogen) atoms. The van der Waals surface area contributed by atoms with Gasteiger partial charge in [-0.3, -0.25) is 0 Å². The zero-order chi connectivity index (χ0) is 12.1. The van der Waals surface area contributed by atoms with E-state index in [1.54, 1.807) is 12.1 Å².